The van der Waals surface area contributed by atoms with Gasteiger partial charge in [0.2, 0.25) is 0 Å². The van der Waals surface area contributed by atoms with Gasteiger partial charge in [-0.3, -0.25) is 0 Å². The lowest BCUT2D eigenvalue weighted by atomic mass is 10.2. The highest BCUT2D eigenvalue weighted by Crippen LogP contribution is 2.30. The Morgan fingerprint density at radius 2 is 1.95 bits per heavy atom. The average Bonchev–Trinajstić information content (AvgIpc) is 2.37. The number of thioether (sulfide) groups is 1. The molecule has 2 rings (SSSR count). The highest BCUT2D eigenvalue weighted by atomic mass is 35.5. The summed E-state index contributed by atoms with van der Waals surface area (Å²) in [5.41, 5.74) is -0.824. The van der Waals surface area contributed by atoms with E-state index < -0.39 is 17.7 Å². The monoisotopic (exact) mass is 322 g/mol. The quantitative estimate of drug-likeness (QED) is 0.470. The molecule has 2 aromatic rings. The van der Waals surface area contributed by atoms with E-state index in [2.05, 4.69) is 9.97 Å². The maximum Gasteiger partial charge on any atom is 0.433 e. The van der Waals surface area contributed by atoms with Crippen LogP contribution in [0.4, 0.5) is 17.6 Å². The first-order chi connectivity index (χ1) is 9.38. The van der Waals surface area contributed by atoms with E-state index in [-0.39, 0.29) is 21.5 Å². The average molecular weight is 323 g/mol. The van der Waals surface area contributed by atoms with Gasteiger partial charge in [0.15, 0.2) is 5.16 Å². The van der Waals surface area contributed by atoms with Crippen molar-refractivity contribution in [2.45, 2.75) is 17.1 Å². The highest BCUT2D eigenvalue weighted by Gasteiger charge is 2.32. The van der Waals surface area contributed by atoms with Gasteiger partial charge in [-0.05, 0) is 18.2 Å². The summed E-state index contributed by atoms with van der Waals surface area (Å²) in [6, 6.07) is 4.97. The van der Waals surface area contributed by atoms with Crippen LogP contribution in [-0.4, -0.2) is 9.97 Å². The van der Waals surface area contributed by atoms with Crippen molar-refractivity contribution in [3.63, 3.8) is 0 Å². The number of hydrogen-bond donors (Lipinski definition) is 0. The first-order valence-corrected chi connectivity index (χ1v) is 6.70. The standard InChI is InChI=1S/C12H7ClF4N2S/c13-8-2-1-3-9(14)7(8)6-20-11-18-5-4-10(19-11)12(15,16)17/h1-5H,6H2. The minimum Gasteiger partial charge on any atom is -0.231 e. The maximum absolute atomic E-state index is 13.5. The first-order valence-electron chi connectivity index (χ1n) is 5.34. The normalized spacial score (nSPS) is 11.7. The largest absolute Gasteiger partial charge is 0.433 e. The second kappa shape index (κ2) is 5.97. The summed E-state index contributed by atoms with van der Waals surface area (Å²) in [4.78, 5) is 7.09. The predicted octanol–water partition coefficient (Wildman–Crippen LogP) is 4.58. The molecule has 20 heavy (non-hydrogen) atoms. The van der Waals surface area contributed by atoms with Crippen molar-refractivity contribution >= 4 is 23.4 Å². The van der Waals surface area contributed by atoms with Gasteiger partial charge in [-0.15, -0.1) is 0 Å². The molecule has 0 saturated carbocycles. The third-order valence-corrected chi connectivity index (χ3v) is 3.57. The fourth-order valence-electron chi connectivity index (χ4n) is 1.38. The third kappa shape index (κ3) is 3.61. The molecule has 0 radical (unpaired) electrons. The fourth-order valence-corrected chi connectivity index (χ4v) is 2.55. The Balaban J connectivity index is 2.16. The van der Waals surface area contributed by atoms with Crippen LogP contribution in [-0.2, 0) is 11.9 Å². The smallest absolute Gasteiger partial charge is 0.231 e. The minimum absolute atomic E-state index is 0.0484. The van der Waals surface area contributed by atoms with E-state index in [4.69, 9.17) is 11.6 Å². The second-order valence-corrected chi connectivity index (χ2v) is 5.06. The molecule has 0 aliphatic carbocycles. The van der Waals surface area contributed by atoms with Crippen molar-refractivity contribution < 1.29 is 17.6 Å². The van der Waals surface area contributed by atoms with Crippen molar-refractivity contribution in [1.82, 2.24) is 9.97 Å². The van der Waals surface area contributed by atoms with E-state index in [1.54, 1.807) is 0 Å². The zero-order chi connectivity index (χ0) is 14.8. The fraction of sp³-hybridized carbons (Fsp3) is 0.167. The first kappa shape index (κ1) is 15.1. The topological polar surface area (TPSA) is 25.8 Å². The molecule has 1 heterocycles. The number of rotatable bonds is 3. The van der Waals surface area contributed by atoms with Gasteiger partial charge in [-0.25, -0.2) is 14.4 Å². The Hall–Kier alpha value is -1.34. The number of benzene rings is 1. The van der Waals surface area contributed by atoms with Gasteiger partial charge in [0.25, 0.3) is 0 Å². The molecular formula is C12H7ClF4N2S. The van der Waals surface area contributed by atoms with Gasteiger partial charge >= 0.3 is 6.18 Å². The van der Waals surface area contributed by atoms with E-state index in [1.165, 1.54) is 18.2 Å². The van der Waals surface area contributed by atoms with Crippen LogP contribution in [0.2, 0.25) is 5.02 Å². The van der Waals surface area contributed by atoms with E-state index in [0.717, 1.165) is 24.0 Å². The highest BCUT2D eigenvalue weighted by molar-refractivity contribution is 7.98. The molecule has 0 aliphatic rings. The predicted molar refractivity (Wildman–Crippen MR) is 68.0 cm³/mol. The number of nitrogens with zero attached hydrogens (tertiary/aromatic N) is 2. The minimum atomic E-state index is -4.53. The Kier molecular flexibility index (Phi) is 4.49. The Labute approximate surface area is 121 Å². The second-order valence-electron chi connectivity index (χ2n) is 3.71. The molecule has 1 aromatic heterocycles. The van der Waals surface area contributed by atoms with E-state index in [0.29, 0.717) is 0 Å². The summed E-state index contributed by atoms with van der Waals surface area (Å²) >= 11 is 6.71. The van der Waals surface area contributed by atoms with Crippen LogP contribution in [0.25, 0.3) is 0 Å². The maximum atomic E-state index is 13.5. The lowest BCUT2D eigenvalue weighted by Crippen LogP contribution is -2.08. The van der Waals surface area contributed by atoms with Crippen molar-refractivity contribution in [3.8, 4) is 0 Å². The number of alkyl halides is 3. The van der Waals surface area contributed by atoms with Crippen LogP contribution in [0.3, 0.4) is 0 Å². The molecule has 1 aromatic carbocycles. The van der Waals surface area contributed by atoms with Crippen LogP contribution in [0, 0.1) is 5.82 Å². The molecule has 8 heteroatoms. The molecule has 0 unspecified atom stereocenters. The van der Waals surface area contributed by atoms with Crippen LogP contribution >= 0.6 is 23.4 Å². The molecule has 0 spiro atoms. The van der Waals surface area contributed by atoms with E-state index in [9.17, 15) is 17.6 Å². The zero-order valence-electron chi connectivity index (χ0n) is 9.79. The Morgan fingerprint density at radius 1 is 1.20 bits per heavy atom. The van der Waals surface area contributed by atoms with Crippen LogP contribution in [0.15, 0.2) is 35.6 Å². The van der Waals surface area contributed by atoms with Gasteiger partial charge in [-0.1, -0.05) is 29.4 Å². The van der Waals surface area contributed by atoms with Crippen molar-refractivity contribution in [3.05, 3.63) is 52.6 Å². The van der Waals surface area contributed by atoms with Gasteiger partial charge in [-0.2, -0.15) is 13.2 Å². The molecule has 2 nitrogen and oxygen atoms in total. The van der Waals surface area contributed by atoms with Crippen molar-refractivity contribution in [1.29, 1.82) is 0 Å². The zero-order valence-corrected chi connectivity index (χ0v) is 11.4. The number of hydrogen-bond acceptors (Lipinski definition) is 3. The molecule has 106 valence electrons. The van der Waals surface area contributed by atoms with Crippen LogP contribution in [0.1, 0.15) is 11.3 Å². The number of halogens is 5. The Morgan fingerprint density at radius 3 is 2.60 bits per heavy atom. The molecule has 0 fully saturated rings. The van der Waals surface area contributed by atoms with Crippen molar-refractivity contribution in [2.24, 2.45) is 0 Å². The van der Waals surface area contributed by atoms with Gasteiger partial charge in [0.1, 0.15) is 11.5 Å². The number of aromatic nitrogens is 2. The summed E-state index contributed by atoms with van der Waals surface area (Å²) in [5.74, 6) is -0.468. The Bertz CT molecular complexity index is 598. The molecule has 0 atom stereocenters. The van der Waals surface area contributed by atoms with Crippen LogP contribution < -0.4 is 0 Å². The summed E-state index contributed by atoms with van der Waals surface area (Å²) in [6.07, 6.45) is -3.52. The molecular weight excluding hydrogens is 316 g/mol. The van der Waals surface area contributed by atoms with Crippen LogP contribution in [0.5, 0.6) is 0 Å². The SMILES string of the molecule is Fc1cccc(Cl)c1CSc1nccc(C(F)(F)F)n1. The molecule has 0 saturated heterocycles. The molecule has 0 N–H and O–H groups in total. The van der Waals surface area contributed by atoms with Gasteiger partial charge < -0.3 is 0 Å². The molecule has 0 amide bonds. The summed E-state index contributed by atoms with van der Waals surface area (Å²) in [5, 5.41) is 0.128. The third-order valence-electron chi connectivity index (χ3n) is 2.33. The lowest BCUT2D eigenvalue weighted by Gasteiger charge is -2.07. The van der Waals surface area contributed by atoms with Gasteiger partial charge in [0.05, 0.1) is 0 Å². The summed E-state index contributed by atoms with van der Waals surface area (Å²) in [7, 11) is 0. The van der Waals surface area contributed by atoms with E-state index in [1.807, 2.05) is 0 Å². The van der Waals surface area contributed by atoms with Gasteiger partial charge in [0, 0.05) is 22.5 Å². The van der Waals surface area contributed by atoms with Crippen molar-refractivity contribution in [2.75, 3.05) is 0 Å². The van der Waals surface area contributed by atoms with E-state index >= 15 is 0 Å². The molecule has 0 aliphatic heterocycles. The summed E-state index contributed by atoms with van der Waals surface area (Å²) < 4.78 is 50.9. The summed E-state index contributed by atoms with van der Waals surface area (Å²) in [6.45, 7) is 0. The lowest BCUT2D eigenvalue weighted by molar-refractivity contribution is -0.141. The molecule has 0 bridgehead atoms.